The van der Waals surface area contributed by atoms with Crippen LogP contribution >= 0.6 is 0 Å². The molecule has 1 aromatic heterocycles. The molecule has 1 unspecified atom stereocenters. The van der Waals surface area contributed by atoms with Gasteiger partial charge in [-0.3, -0.25) is 0 Å². The van der Waals surface area contributed by atoms with Gasteiger partial charge in [-0.15, -0.1) is 0 Å². The maximum Gasteiger partial charge on any atom is 0.323 e. The summed E-state index contributed by atoms with van der Waals surface area (Å²) in [7, 11) is 1.77. The van der Waals surface area contributed by atoms with Gasteiger partial charge in [-0.1, -0.05) is 0 Å². The molecular formula is C13H23N5O2. The number of anilines is 2. The summed E-state index contributed by atoms with van der Waals surface area (Å²) in [6.45, 7) is 5.85. The fraction of sp³-hybridized carbons (Fsp3) is 0.769. The number of ether oxygens (including phenoxy) is 1. The fourth-order valence-corrected chi connectivity index (χ4v) is 2.26. The Morgan fingerprint density at radius 1 is 1.30 bits per heavy atom. The highest BCUT2D eigenvalue weighted by Crippen LogP contribution is 2.24. The van der Waals surface area contributed by atoms with Crippen molar-refractivity contribution in [1.29, 1.82) is 0 Å². The molecule has 0 aromatic carbocycles. The molecule has 1 aromatic rings. The number of aromatic nitrogens is 3. The van der Waals surface area contributed by atoms with E-state index in [1.54, 1.807) is 7.05 Å². The molecule has 20 heavy (non-hydrogen) atoms. The van der Waals surface area contributed by atoms with Gasteiger partial charge in [0.1, 0.15) is 0 Å². The third-order valence-corrected chi connectivity index (χ3v) is 3.45. The minimum Gasteiger partial charge on any atom is -0.464 e. The van der Waals surface area contributed by atoms with Crippen molar-refractivity contribution < 1.29 is 9.84 Å². The van der Waals surface area contributed by atoms with E-state index in [9.17, 15) is 5.11 Å². The van der Waals surface area contributed by atoms with Crippen molar-refractivity contribution in [2.75, 3.05) is 37.0 Å². The van der Waals surface area contributed by atoms with Gasteiger partial charge in [-0.25, -0.2) is 0 Å². The Bertz CT molecular complexity index is 452. The molecule has 0 radical (unpaired) electrons. The Morgan fingerprint density at radius 3 is 2.80 bits per heavy atom. The average Bonchev–Trinajstić information content (AvgIpc) is 2.59. The van der Waals surface area contributed by atoms with Gasteiger partial charge in [-0.05, 0) is 33.1 Å². The van der Waals surface area contributed by atoms with E-state index in [4.69, 9.17) is 4.74 Å². The average molecular weight is 281 g/mol. The predicted molar refractivity (Wildman–Crippen MR) is 77.2 cm³/mol. The normalized spacial score (nSPS) is 23.3. The first kappa shape index (κ1) is 14.8. The monoisotopic (exact) mass is 281 g/mol. The number of nitrogens with zero attached hydrogens (tertiary/aromatic N) is 4. The lowest BCUT2D eigenvalue weighted by atomic mass is 9.98. The van der Waals surface area contributed by atoms with Crippen LogP contribution in [0.5, 0.6) is 6.01 Å². The minimum atomic E-state index is -0.601. The van der Waals surface area contributed by atoms with E-state index in [1.165, 1.54) is 0 Å². The molecule has 1 aliphatic rings. The zero-order chi connectivity index (χ0) is 14.6. The second-order valence-corrected chi connectivity index (χ2v) is 5.26. The number of rotatable bonds is 4. The van der Waals surface area contributed by atoms with Crippen LogP contribution in [0.1, 0.15) is 33.1 Å². The molecule has 1 fully saturated rings. The van der Waals surface area contributed by atoms with Gasteiger partial charge < -0.3 is 20.1 Å². The highest BCUT2D eigenvalue weighted by Gasteiger charge is 2.26. The van der Waals surface area contributed by atoms with Crippen LogP contribution in [0.25, 0.3) is 0 Å². The van der Waals surface area contributed by atoms with Gasteiger partial charge in [0.2, 0.25) is 11.9 Å². The molecule has 0 spiro atoms. The molecule has 7 nitrogen and oxygen atoms in total. The third-order valence-electron chi connectivity index (χ3n) is 3.45. The van der Waals surface area contributed by atoms with Gasteiger partial charge in [0, 0.05) is 20.1 Å². The molecule has 2 N–H and O–H groups in total. The van der Waals surface area contributed by atoms with E-state index in [0.29, 0.717) is 30.9 Å². The van der Waals surface area contributed by atoms with Crippen LogP contribution in [0.3, 0.4) is 0 Å². The van der Waals surface area contributed by atoms with E-state index in [2.05, 4.69) is 25.2 Å². The number of nitrogens with one attached hydrogen (secondary N) is 1. The summed E-state index contributed by atoms with van der Waals surface area (Å²) in [5, 5.41) is 13.1. The van der Waals surface area contributed by atoms with Crippen molar-refractivity contribution in [3.8, 4) is 6.01 Å². The van der Waals surface area contributed by atoms with E-state index < -0.39 is 5.60 Å². The van der Waals surface area contributed by atoms with E-state index in [-0.39, 0.29) is 0 Å². The summed E-state index contributed by atoms with van der Waals surface area (Å²) >= 11 is 0. The smallest absolute Gasteiger partial charge is 0.323 e. The molecule has 1 aliphatic heterocycles. The zero-order valence-electron chi connectivity index (χ0n) is 12.4. The van der Waals surface area contributed by atoms with Gasteiger partial charge in [0.15, 0.2) is 0 Å². The van der Waals surface area contributed by atoms with Crippen LogP contribution in [0.15, 0.2) is 0 Å². The summed E-state index contributed by atoms with van der Waals surface area (Å²) in [6.07, 6.45) is 2.42. The molecule has 0 bridgehead atoms. The van der Waals surface area contributed by atoms with Crippen LogP contribution < -0.4 is 15.0 Å². The van der Waals surface area contributed by atoms with E-state index in [0.717, 1.165) is 25.9 Å². The summed E-state index contributed by atoms with van der Waals surface area (Å²) in [6, 6.07) is 0.331. The second kappa shape index (κ2) is 6.21. The quantitative estimate of drug-likeness (QED) is 0.853. The molecule has 1 atom stereocenters. The first-order valence-electron chi connectivity index (χ1n) is 7.08. The van der Waals surface area contributed by atoms with E-state index in [1.807, 2.05) is 13.8 Å². The first-order valence-corrected chi connectivity index (χ1v) is 7.08. The van der Waals surface area contributed by atoms with Gasteiger partial charge >= 0.3 is 6.01 Å². The number of hydrogen-bond donors (Lipinski definition) is 2. The Balaban J connectivity index is 2.20. The molecule has 0 aliphatic carbocycles. The first-order chi connectivity index (χ1) is 9.54. The summed E-state index contributed by atoms with van der Waals surface area (Å²) in [4.78, 5) is 15.0. The lowest BCUT2D eigenvalue weighted by Gasteiger charge is -2.22. The van der Waals surface area contributed by atoms with Gasteiger partial charge in [-0.2, -0.15) is 15.0 Å². The van der Waals surface area contributed by atoms with Crippen molar-refractivity contribution in [1.82, 2.24) is 15.0 Å². The third kappa shape index (κ3) is 3.69. The van der Waals surface area contributed by atoms with Crippen molar-refractivity contribution >= 4 is 11.9 Å². The van der Waals surface area contributed by atoms with Crippen molar-refractivity contribution in [3.63, 3.8) is 0 Å². The molecule has 2 heterocycles. The Morgan fingerprint density at radius 2 is 2.10 bits per heavy atom. The molecule has 0 saturated carbocycles. The topological polar surface area (TPSA) is 83.4 Å². The van der Waals surface area contributed by atoms with Gasteiger partial charge in [0.05, 0.1) is 12.2 Å². The molecule has 2 rings (SSSR count). The molecular weight excluding hydrogens is 258 g/mol. The lowest BCUT2D eigenvalue weighted by molar-refractivity contribution is 0.0481. The maximum atomic E-state index is 10.1. The largest absolute Gasteiger partial charge is 0.464 e. The molecule has 1 saturated heterocycles. The fourth-order valence-electron chi connectivity index (χ4n) is 2.26. The standard InChI is InChI=1S/C13H23N5O2/c1-4-20-12-16-10(14-3)15-11(17-12)18-8-5-6-13(2,19)7-9-18/h19H,4-9H2,1-3H3,(H,14,15,16,17). The Kier molecular flexibility index (Phi) is 4.59. The van der Waals surface area contributed by atoms with Crippen molar-refractivity contribution in [2.45, 2.75) is 38.7 Å². The Hall–Kier alpha value is -1.63. The van der Waals surface area contributed by atoms with Crippen LogP contribution in [0.4, 0.5) is 11.9 Å². The van der Waals surface area contributed by atoms with Crippen LogP contribution in [-0.2, 0) is 0 Å². The summed E-state index contributed by atoms with van der Waals surface area (Å²) in [5.74, 6) is 1.10. The van der Waals surface area contributed by atoms with E-state index >= 15 is 0 Å². The number of aliphatic hydroxyl groups is 1. The van der Waals surface area contributed by atoms with Crippen LogP contribution in [-0.4, -0.2) is 52.4 Å². The van der Waals surface area contributed by atoms with Crippen LogP contribution in [0, 0.1) is 0 Å². The summed E-state index contributed by atoms with van der Waals surface area (Å²) in [5.41, 5.74) is -0.601. The van der Waals surface area contributed by atoms with Gasteiger partial charge in [0.25, 0.3) is 0 Å². The second-order valence-electron chi connectivity index (χ2n) is 5.26. The summed E-state index contributed by atoms with van der Waals surface area (Å²) < 4.78 is 5.37. The zero-order valence-corrected chi connectivity index (χ0v) is 12.4. The van der Waals surface area contributed by atoms with Crippen molar-refractivity contribution in [3.05, 3.63) is 0 Å². The molecule has 0 amide bonds. The molecule has 112 valence electrons. The van der Waals surface area contributed by atoms with Crippen molar-refractivity contribution in [2.24, 2.45) is 0 Å². The lowest BCUT2D eigenvalue weighted by Crippen LogP contribution is -2.29. The highest BCUT2D eigenvalue weighted by molar-refractivity contribution is 5.38. The Labute approximate surface area is 119 Å². The maximum absolute atomic E-state index is 10.1. The van der Waals surface area contributed by atoms with Crippen LogP contribution in [0.2, 0.25) is 0 Å². The predicted octanol–water partition coefficient (Wildman–Crippen LogP) is 1.05. The SMILES string of the molecule is CCOc1nc(NC)nc(N2CCCC(C)(O)CC2)n1. The highest BCUT2D eigenvalue weighted by atomic mass is 16.5. The minimum absolute atomic E-state index is 0.331. The molecule has 7 heteroatoms. The number of hydrogen-bond acceptors (Lipinski definition) is 7.